The molecule has 0 saturated heterocycles. The molecular weight excluding hydrogens is 276 g/mol. The van der Waals surface area contributed by atoms with Crippen molar-refractivity contribution in [2.45, 2.75) is 11.3 Å². The number of hydrogen-bond acceptors (Lipinski definition) is 3. The molecule has 2 aromatic carbocycles. The average Bonchev–Trinajstić information content (AvgIpc) is 2.46. The van der Waals surface area contributed by atoms with E-state index in [4.69, 9.17) is 11.6 Å². The van der Waals surface area contributed by atoms with Crippen molar-refractivity contribution in [3.63, 3.8) is 0 Å². The van der Waals surface area contributed by atoms with Crippen LogP contribution in [0, 0.1) is 0 Å². The van der Waals surface area contributed by atoms with Crippen LogP contribution in [-0.4, -0.2) is 11.5 Å². The van der Waals surface area contributed by atoms with Gasteiger partial charge in [0.15, 0.2) is 0 Å². The van der Waals surface area contributed by atoms with E-state index >= 15 is 0 Å². The lowest BCUT2D eigenvalue weighted by atomic mass is 10.1. The van der Waals surface area contributed by atoms with Crippen molar-refractivity contribution in [2.75, 3.05) is 11.2 Å². The van der Waals surface area contributed by atoms with Gasteiger partial charge in [0.1, 0.15) is 0 Å². The molecule has 0 aromatic heterocycles. The maximum Gasteiger partial charge on any atom is 0.0699 e. The topological polar surface area (TPSA) is 24.4 Å². The Bertz CT molecular complexity index is 611. The molecular formula is C15H13ClN2S. The number of fused-ring (bicyclic) bond motifs is 1. The predicted octanol–water partition coefficient (Wildman–Crippen LogP) is 4.65. The van der Waals surface area contributed by atoms with Crippen molar-refractivity contribution in [2.24, 2.45) is 5.10 Å². The molecule has 0 aliphatic carbocycles. The fraction of sp³-hybridized carbons (Fsp3) is 0.133. The Kier molecular flexibility index (Phi) is 3.76. The van der Waals surface area contributed by atoms with Crippen molar-refractivity contribution in [1.29, 1.82) is 0 Å². The summed E-state index contributed by atoms with van der Waals surface area (Å²) in [7, 11) is 0. The maximum absolute atomic E-state index is 6.07. The first-order chi connectivity index (χ1) is 9.33. The third kappa shape index (κ3) is 2.94. The van der Waals surface area contributed by atoms with Gasteiger partial charge in [-0.05, 0) is 30.3 Å². The van der Waals surface area contributed by atoms with E-state index in [1.54, 1.807) is 0 Å². The summed E-state index contributed by atoms with van der Waals surface area (Å²) in [4.78, 5) is 1.25. The van der Waals surface area contributed by atoms with Crippen LogP contribution in [0.15, 0.2) is 58.5 Å². The van der Waals surface area contributed by atoms with Crippen molar-refractivity contribution >= 4 is 34.8 Å². The van der Waals surface area contributed by atoms with Crippen molar-refractivity contribution in [1.82, 2.24) is 0 Å². The molecule has 1 aliphatic rings. The number of halogens is 1. The van der Waals surface area contributed by atoms with Crippen LogP contribution in [-0.2, 0) is 0 Å². The molecule has 1 heterocycles. The van der Waals surface area contributed by atoms with Crippen LogP contribution in [0.5, 0.6) is 0 Å². The third-order valence-corrected chi connectivity index (χ3v) is 4.25. The molecule has 0 saturated carbocycles. The molecule has 2 nitrogen and oxygen atoms in total. The van der Waals surface area contributed by atoms with Crippen LogP contribution < -0.4 is 5.43 Å². The summed E-state index contributed by atoms with van der Waals surface area (Å²) in [6.45, 7) is 0. The van der Waals surface area contributed by atoms with Crippen LogP contribution in [0.4, 0.5) is 5.69 Å². The quantitative estimate of drug-likeness (QED) is 0.813. The Morgan fingerprint density at radius 2 is 1.95 bits per heavy atom. The Balaban J connectivity index is 1.89. The molecule has 0 radical (unpaired) electrons. The van der Waals surface area contributed by atoms with Gasteiger partial charge in [0.25, 0.3) is 0 Å². The van der Waals surface area contributed by atoms with E-state index in [9.17, 15) is 0 Å². The molecule has 0 unspecified atom stereocenters. The number of benzene rings is 2. The Morgan fingerprint density at radius 3 is 2.79 bits per heavy atom. The number of hydrazone groups is 1. The molecule has 4 heteroatoms. The van der Waals surface area contributed by atoms with Gasteiger partial charge < -0.3 is 0 Å². The normalized spacial score (nSPS) is 16.2. The molecule has 96 valence electrons. The van der Waals surface area contributed by atoms with Crippen molar-refractivity contribution in [3.8, 4) is 0 Å². The van der Waals surface area contributed by atoms with Gasteiger partial charge in [-0.15, -0.1) is 11.8 Å². The van der Waals surface area contributed by atoms with Gasteiger partial charge in [-0.2, -0.15) is 5.10 Å². The average molecular weight is 289 g/mol. The molecule has 0 fully saturated rings. The minimum absolute atomic E-state index is 0.758. The highest BCUT2D eigenvalue weighted by atomic mass is 35.5. The Hall–Kier alpha value is -1.45. The second-order valence-corrected chi connectivity index (χ2v) is 5.85. The lowest BCUT2D eigenvalue weighted by Crippen LogP contribution is -2.11. The highest BCUT2D eigenvalue weighted by Crippen LogP contribution is 2.32. The molecule has 0 bridgehead atoms. The lowest BCUT2D eigenvalue weighted by Gasteiger charge is -2.17. The predicted molar refractivity (Wildman–Crippen MR) is 83.4 cm³/mol. The Morgan fingerprint density at radius 1 is 1.11 bits per heavy atom. The minimum Gasteiger partial charge on any atom is -0.278 e. The van der Waals surface area contributed by atoms with E-state index in [1.807, 2.05) is 54.2 Å². The third-order valence-electron chi connectivity index (χ3n) is 2.94. The summed E-state index contributed by atoms with van der Waals surface area (Å²) in [5.41, 5.74) is 6.32. The number of para-hydroxylation sites is 1. The first-order valence-corrected chi connectivity index (χ1v) is 7.49. The molecule has 2 aromatic rings. The molecule has 3 rings (SSSR count). The van der Waals surface area contributed by atoms with E-state index < -0.39 is 0 Å². The minimum atomic E-state index is 0.758. The van der Waals surface area contributed by atoms with Crippen LogP contribution in [0.3, 0.4) is 0 Å². The number of rotatable bonds is 2. The molecule has 19 heavy (non-hydrogen) atoms. The Labute approximate surface area is 121 Å². The summed E-state index contributed by atoms with van der Waals surface area (Å²) < 4.78 is 0. The van der Waals surface area contributed by atoms with Crippen molar-refractivity contribution < 1.29 is 0 Å². The summed E-state index contributed by atoms with van der Waals surface area (Å²) in [6.07, 6.45) is 0.956. The second kappa shape index (κ2) is 5.68. The van der Waals surface area contributed by atoms with Gasteiger partial charge in [0.05, 0.1) is 11.4 Å². The molecule has 0 atom stereocenters. The summed E-state index contributed by atoms with van der Waals surface area (Å²) in [5, 5.41) is 5.29. The van der Waals surface area contributed by atoms with E-state index in [0.717, 1.165) is 34.2 Å². The highest BCUT2D eigenvalue weighted by Gasteiger charge is 2.16. The van der Waals surface area contributed by atoms with Gasteiger partial charge in [0.2, 0.25) is 0 Å². The van der Waals surface area contributed by atoms with E-state index in [-0.39, 0.29) is 0 Å². The zero-order valence-corrected chi connectivity index (χ0v) is 11.8. The zero-order valence-electron chi connectivity index (χ0n) is 10.3. The van der Waals surface area contributed by atoms with Crippen LogP contribution >= 0.6 is 23.4 Å². The van der Waals surface area contributed by atoms with Gasteiger partial charge >= 0.3 is 0 Å². The molecule has 1 aliphatic heterocycles. The van der Waals surface area contributed by atoms with Gasteiger partial charge in [0, 0.05) is 27.7 Å². The lowest BCUT2D eigenvalue weighted by molar-refractivity contribution is 1.19. The second-order valence-electron chi connectivity index (χ2n) is 4.28. The fourth-order valence-corrected chi connectivity index (χ4v) is 3.19. The van der Waals surface area contributed by atoms with E-state index in [0.29, 0.717) is 0 Å². The molecule has 0 spiro atoms. The first kappa shape index (κ1) is 12.6. The largest absolute Gasteiger partial charge is 0.278 e. The maximum atomic E-state index is 6.07. The first-order valence-electron chi connectivity index (χ1n) is 6.13. The van der Waals surface area contributed by atoms with Crippen molar-refractivity contribution in [3.05, 3.63) is 59.1 Å². The fourth-order valence-electron chi connectivity index (χ4n) is 2.01. The van der Waals surface area contributed by atoms with Crippen LogP contribution in [0.1, 0.15) is 12.0 Å². The van der Waals surface area contributed by atoms with Crippen LogP contribution in [0.2, 0.25) is 5.02 Å². The molecule has 1 N–H and O–H groups in total. The number of anilines is 1. The summed E-state index contributed by atoms with van der Waals surface area (Å²) in [6, 6.07) is 16.0. The smallest absolute Gasteiger partial charge is 0.0699 e. The number of nitrogens with one attached hydrogen (secondary N) is 1. The number of thioether (sulfide) groups is 1. The van der Waals surface area contributed by atoms with E-state index in [1.165, 1.54) is 4.90 Å². The van der Waals surface area contributed by atoms with Gasteiger partial charge in [-0.25, -0.2) is 0 Å². The standard InChI is InChI=1S/C15H13ClN2S/c16-11-6-7-15-13(10-11)14(8-9-19-15)18-17-12-4-2-1-3-5-12/h1-7,10,17H,8-9H2/b18-14+. The molecule has 0 amide bonds. The SMILES string of the molecule is Clc1ccc2c(c1)/C(=N/Nc1ccccc1)CCS2. The van der Waals surface area contributed by atoms with E-state index in [2.05, 4.69) is 16.6 Å². The zero-order chi connectivity index (χ0) is 13.1. The van der Waals surface area contributed by atoms with Gasteiger partial charge in [-0.3, -0.25) is 5.43 Å². The summed E-state index contributed by atoms with van der Waals surface area (Å²) >= 11 is 7.93. The van der Waals surface area contributed by atoms with Crippen LogP contribution in [0.25, 0.3) is 0 Å². The summed E-state index contributed by atoms with van der Waals surface area (Å²) in [5.74, 6) is 1.06. The number of nitrogens with zero attached hydrogens (tertiary/aromatic N) is 1. The monoisotopic (exact) mass is 288 g/mol. The highest BCUT2D eigenvalue weighted by molar-refractivity contribution is 7.99. The van der Waals surface area contributed by atoms with Gasteiger partial charge in [-0.1, -0.05) is 29.8 Å². The number of hydrogen-bond donors (Lipinski definition) is 1.